The molecule has 0 saturated heterocycles. The van der Waals surface area contributed by atoms with E-state index >= 15 is 0 Å². The predicted octanol–water partition coefficient (Wildman–Crippen LogP) is 0.621. The third kappa shape index (κ3) is 9.41. The van der Waals surface area contributed by atoms with Crippen molar-refractivity contribution in [1.82, 2.24) is 0 Å². The molecule has 1 unspecified atom stereocenters. The van der Waals surface area contributed by atoms with E-state index in [0.717, 1.165) is 0 Å². The fourth-order valence-electron chi connectivity index (χ4n) is 0.623. The van der Waals surface area contributed by atoms with Gasteiger partial charge in [0.15, 0.2) is 6.10 Å². The number of phosphoric ester groups is 1. The summed E-state index contributed by atoms with van der Waals surface area (Å²) in [5.74, 6) is 0. The Kier molecular flexibility index (Phi) is 10.8. The van der Waals surface area contributed by atoms with Gasteiger partial charge >= 0.3 is 29.6 Å². The molecule has 0 aliphatic rings. The molecule has 0 radical (unpaired) electrons. The quantitative estimate of drug-likeness (QED) is 0.397. The summed E-state index contributed by atoms with van der Waals surface area (Å²) in [6, 6.07) is 0. The summed E-state index contributed by atoms with van der Waals surface area (Å²) in [6.07, 6.45) is -1.83. The van der Waals surface area contributed by atoms with Crippen molar-refractivity contribution in [3.05, 3.63) is 0 Å². The maximum absolute atomic E-state index is 11.2. The van der Waals surface area contributed by atoms with Gasteiger partial charge in [-0.15, -0.1) is 0 Å². The van der Waals surface area contributed by atoms with E-state index in [9.17, 15) is 9.46 Å². The summed E-state index contributed by atoms with van der Waals surface area (Å²) >= 11 is 32.6. The van der Waals surface area contributed by atoms with Crippen molar-refractivity contribution in [1.29, 1.82) is 0 Å². The molecule has 98 valence electrons. The molecule has 0 bridgehead atoms. The van der Waals surface area contributed by atoms with Gasteiger partial charge in [0, 0.05) is 0 Å². The number of halogens is 6. The molecule has 12 heteroatoms. The van der Waals surface area contributed by atoms with Gasteiger partial charge < -0.3 is 13.9 Å². The smallest absolute Gasteiger partial charge is 0.756 e. The van der Waals surface area contributed by atoms with E-state index < -0.39 is 21.5 Å². The zero-order chi connectivity index (χ0) is 13.2. The zero-order valence-corrected chi connectivity index (χ0v) is 16.1. The van der Waals surface area contributed by atoms with E-state index in [1.807, 2.05) is 0 Å². The molecule has 0 fully saturated rings. The summed E-state index contributed by atoms with van der Waals surface area (Å²) in [5, 5.41) is 0. The van der Waals surface area contributed by atoms with Gasteiger partial charge in [0.05, 0.1) is 6.61 Å². The van der Waals surface area contributed by atoms with Crippen molar-refractivity contribution in [2.24, 2.45) is 0 Å². The van der Waals surface area contributed by atoms with Crippen molar-refractivity contribution in [3.63, 3.8) is 0 Å². The molecule has 0 aromatic heterocycles. The number of phosphoric acid groups is 1. The molecule has 0 aromatic carbocycles. The van der Waals surface area contributed by atoms with Gasteiger partial charge in [0.25, 0.3) is 7.82 Å². The topological polar surface area (TPSA) is 58.6 Å². The molecule has 0 amide bonds. The minimum atomic E-state index is -4.70. The summed E-state index contributed by atoms with van der Waals surface area (Å²) in [7, 11) is -4.70. The third-order valence-electron chi connectivity index (χ3n) is 1.12. The van der Waals surface area contributed by atoms with Crippen molar-refractivity contribution in [2.45, 2.75) is 20.6 Å². The van der Waals surface area contributed by atoms with Crippen molar-refractivity contribution >= 4 is 77.4 Å². The van der Waals surface area contributed by atoms with E-state index in [1.54, 1.807) is 0 Å². The fraction of sp³-hybridized carbons (Fsp3) is 1.00. The molecule has 17 heavy (non-hydrogen) atoms. The normalized spacial score (nSPS) is 16.5. The molecule has 0 aliphatic carbocycles. The minimum Gasteiger partial charge on any atom is -0.756 e. The van der Waals surface area contributed by atoms with Crippen LogP contribution >= 0.6 is 77.4 Å². The van der Waals surface area contributed by atoms with E-state index in [-0.39, 0.29) is 36.2 Å². The van der Waals surface area contributed by atoms with Gasteiger partial charge in [0.1, 0.15) is 0 Å². The van der Waals surface area contributed by atoms with Crippen LogP contribution in [0.25, 0.3) is 0 Å². The molecule has 0 heterocycles. The van der Waals surface area contributed by atoms with Crippen LogP contribution in [0.3, 0.4) is 0 Å². The van der Waals surface area contributed by atoms with Crippen LogP contribution in [0.4, 0.5) is 0 Å². The van der Waals surface area contributed by atoms with Gasteiger partial charge in [-0.3, -0.25) is 4.57 Å². The molecule has 0 aliphatic heterocycles. The van der Waals surface area contributed by atoms with E-state index in [4.69, 9.17) is 69.6 Å². The molecule has 0 spiro atoms. The number of hydrogen-bond donors (Lipinski definition) is 0. The Morgan fingerprint density at radius 2 is 1.53 bits per heavy atom. The average molecular weight is 397 g/mol. The zero-order valence-electron chi connectivity index (χ0n) is 8.63. The van der Waals surface area contributed by atoms with Gasteiger partial charge in [-0.1, -0.05) is 69.6 Å². The van der Waals surface area contributed by atoms with Gasteiger partial charge in [-0.25, -0.2) is 0 Å². The van der Waals surface area contributed by atoms with E-state index in [0.29, 0.717) is 0 Å². The Morgan fingerprint density at radius 3 is 1.76 bits per heavy atom. The van der Waals surface area contributed by atoms with Gasteiger partial charge in [0.2, 0.25) is 7.59 Å². The molecule has 0 aromatic rings. The Hall–Kier alpha value is 2.85. The largest absolute Gasteiger partial charge is 1.00 e. The number of alkyl halides is 6. The molecule has 4 nitrogen and oxygen atoms in total. The maximum Gasteiger partial charge on any atom is 1.00 e. The minimum absolute atomic E-state index is 0. The first-order valence-electron chi connectivity index (χ1n) is 3.67. The Labute approximate surface area is 151 Å². The SMILES string of the molecule is CCOP(=O)([O-])OC(C(Cl)(Cl)Cl)C(Cl)(Cl)Cl.[Na+]. The second kappa shape index (κ2) is 8.33. The Bertz CT molecular complexity index is 265. The number of rotatable bonds is 4. The summed E-state index contributed by atoms with van der Waals surface area (Å²) in [5.41, 5.74) is 0. The maximum atomic E-state index is 11.2. The first-order chi connectivity index (χ1) is 6.90. The molecule has 0 N–H and O–H groups in total. The van der Waals surface area contributed by atoms with Crippen LogP contribution in [0.5, 0.6) is 0 Å². The van der Waals surface area contributed by atoms with Crippen molar-refractivity contribution in [2.75, 3.05) is 6.61 Å². The van der Waals surface area contributed by atoms with Crippen LogP contribution in [0.1, 0.15) is 6.92 Å². The summed E-state index contributed by atoms with van der Waals surface area (Å²) < 4.78 is 15.3. The van der Waals surface area contributed by atoms with E-state index in [2.05, 4.69) is 9.05 Å². The van der Waals surface area contributed by atoms with Crippen LogP contribution in [0.2, 0.25) is 0 Å². The fourth-order valence-corrected chi connectivity index (χ4v) is 3.70. The Balaban J connectivity index is 0. The van der Waals surface area contributed by atoms with Crippen LogP contribution in [0.15, 0.2) is 0 Å². The number of hydrogen-bond acceptors (Lipinski definition) is 4. The third-order valence-corrected chi connectivity index (χ3v) is 3.35. The molecule has 0 rings (SSSR count). The first kappa shape index (κ1) is 22.1. The Morgan fingerprint density at radius 1 is 1.18 bits per heavy atom. The molecular formula is C5H6Cl6NaO4P. The predicted molar refractivity (Wildman–Crippen MR) is 64.7 cm³/mol. The van der Waals surface area contributed by atoms with Gasteiger partial charge in [-0.05, 0) is 6.92 Å². The van der Waals surface area contributed by atoms with Crippen molar-refractivity contribution < 1.29 is 48.1 Å². The van der Waals surface area contributed by atoms with E-state index in [1.165, 1.54) is 6.92 Å². The van der Waals surface area contributed by atoms with Crippen LogP contribution in [0, 0.1) is 0 Å². The second-order valence-electron chi connectivity index (χ2n) is 2.43. The monoisotopic (exact) mass is 394 g/mol. The summed E-state index contributed by atoms with van der Waals surface area (Å²) in [4.78, 5) is 11.2. The van der Waals surface area contributed by atoms with Gasteiger partial charge in [-0.2, -0.15) is 0 Å². The standard InChI is InChI=1S/C5H7Cl6O4P.Na/c1-2-14-16(12,13)15-3(4(6,7)8)5(9,10)11;/h3H,2H2,1H3,(H,12,13);/q;+1/p-1. The average Bonchev–Trinajstić information content (AvgIpc) is 1.96. The van der Waals surface area contributed by atoms with Crippen LogP contribution in [-0.4, -0.2) is 20.3 Å². The van der Waals surface area contributed by atoms with Crippen molar-refractivity contribution in [3.8, 4) is 0 Å². The van der Waals surface area contributed by atoms with Crippen LogP contribution < -0.4 is 34.5 Å². The molecule has 0 saturated carbocycles. The second-order valence-corrected chi connectivity index (χ2v) is 8.53. The first-order valence-corrected chi connectivity index (χ1v) is 7.40. The van der Waals surface area contributed by atoms with Crippen LogP contribution in [-0.2, 0) is 13.6 Å². The molecule has 1 atom stereocenters. The summed E-state index contributed by atoms with van der Waals surface area (Å²) in [6.45, 7) is 1.26. The molecular weight excluding hydrogens is 391 g/mol.